The van der Waals surface area contributed by atoms with E-state index in [1.54, 1.807) is 12.1 Å². The normalized spacial score (nSPS) is 22.4. The molecule has 1 aliphatic carbocycles. The first-order valence-electron chi connectivity index (χ1n) is 7.28. The van der Waals surface area contributed by atoms with Gasteiger partial charge < -0.3 is 5.32 Å². The Morgan fingerprint density at radius 3 is 2.62 bits per heavy atom. The maximum absolute atomic E-state index is 12.9. The van der Waals surface area contributed by atoms with Gasteiger partial charge in [-0.15, -0.1) is 0 Å². The van der Waals surface area contributed by atoms with Crippen LogP contribution >= 0.6 is 0 Å². The molecule has 0 bridgehead atoms. The fourth-order valence-corrected chi connectivity index (χ4v) is 2.65. The van der Waals surface area contributed by atoms with Crippen LogP contribution in [0.3, 0.4) is 0 Å². The molecule has 0 heterocycles. The van der Waals surface area contributed by atoms with Gasteiger partial charge in [0.15, 0.2) is 0 Å². The van der Waals surface area contributed by atoms with Gasteiger partial charge in [-0.25, -0.2) is 4.39 Å². The van der Waals surface area contributed by atoms with Crippen LogP contribution in [0.15, 0.2) is 29.8 Å². The summed E-state index contributed by atoms with van der Waals surface area (Å²) in [4.78, 5) is 12.2. The van der Waals surface area contributed by atoms with Crippen LogP contribution in [0.1, 0.15) is 38.2 Å². The highest BCUT2D eigenvalue weighted by atomic mass is 19.1. The van der Waals surface area contributed by atoms with Crippen molar-refractivity contribution in [2.75, 3.05) is 0 Å². The number of rotatable bonds is 3. The molecule has 1 aromatic carbocycles. The monoisotopic (exact) mass is 286 g/mol. The molecule has 2 rings (SSSR count). The van der Waals surface area contributed by atoms with Crippen LogP contribution in [-0.4, -0.2) is 11.9 Å². The molecule has 2 atom stereocenters. The summed E-state index contributed by atoms with van der Waals surface area (Å²) >= 11 is 0. The predicted molar refractivity (Wildman–Crippen MR) is 79.6 cm³/mol. The lowest BCUT2D eigenvalue weighted by atomic mass is 9.86. The van der Waals surface area contributed by atoms with E-state index in [2.05, 4.69) is 12.2 Å². The van der Waals surface area contributed by atoms with E-state index >= 15 is 0 Å². The van der Waals surface area contributed by atoms with Crippen LogP contribution in [0.2, 0.25) is 0 Å². The van der Waals surface area contributed by atoms with E-state index in [4.69, 9.17) is 5.26 Å². The smallest absolute Gasteiger partial charge is 0.262 e. The first-order valence-corrected chi connectivity index (χ1v) is 7.28. The molecule has 0 spiro atoms. The van der Waals surface area contributed by atoms with Crippen molar-refractivity contribution in [1.82, 2.24) is 5.32 Å². The molecular formula is C17H19FN2O. The highest BCUT2D eigenvalue weighted by molar-refractivity contribution is 6.01. The van der Waals surface area contributed by atoms with Gasteiger partial charge in [-0.2, -0.15) is 5.26 Å². The molecule has 1 aliphatic rings. The zero-order valence-corrected chi connectivity index (χ0v) is 12.1. The van der Waals surface area contributed by atoms with E-state index in [0.717, 1.165) is 19.3 Å². The van der Waals surface area contributed by atoms with Gasteiger partial charge in [0.25, 0.3) is 5.91 Å². The maximum atomic E-state index is 12.9. The molecule has 1 N–H and O–H groups in total. The molecule has 0 unspecified atom stereocenters. The highest BCUT2D eigenvalue weighted by Crippen LogP contribution is 2.24. The number of amides is 1. The summed E-state index contributed by atoms with van der Waals surface area (Å²) < 4.78 is 12.9. The summed E-state index contributed by atoms with van der Waals surface area (Å²) in [5, 5.41) is 12.1. The van der Waals surface area contributed by atoms with Gasteiger partial charge in [-0.05, 0) is 42.5 Å². The van der Waals surface area contributed by atoms with E-state index in [0.29, 0.717) is 11.5 Å². The fourth-order valence-electron chi connectivity index (χ4n) is 2.65. The summed E-state index contributed by atoms with van der Waals surface area (Å²) in [5.74, 6) is -0.250. The molecule has 0 radical (unpaired) electrons. The number of carbonyl (C=O) groups is 1. The Morgan fingerprint density at radius 1 is 1.33 bits per heavy atom. The summed E-state index contributed by atoms with van der Waals surface area (Å²) in [5.41, 5.74) is 0.694. The van der Waals surface area contributed by atoms with Crippen molar-refractivity contribution in [3.63, 3.8) is 0 Å². The average Bonchev–Trinajstić information content (AvgIpc) is 2.49. The number of benzene rings is 1. The molecule has 3 nitrogen and oxygen atoms in total. The second-order valence-electron chi connectivity index (χ2n) is 5.56. The van der Waals surface area contributed by atoms with Crippen molar-refractivity contribution in [2.24, 2.45) is 5.92 Å². The Hall–Kier alpha value is -2.15. The molecular weight excluding hydrogens is 267 g/mol. The standard InChI is InChI=1S/C17H19FN2O/c1-12-4-2-3-5-16(12)20-17(21)14(11-19)10-13-6-8-15(18)9-7-13/h6-10,12,16H,2-5H2,1H3,(H,20,21)/b14-10+/t12-,16-/m1/s1. The Kier molecular flexibility index (Phi) is 5.10. The first-order chi connectivity index (χ1) is 10.1. The number of nitriles is 1. The Labute approximate surface area is 124 Å². The Bertz CT molecular complexity index is 571. The Balaban J connectivity index is 2.08. The largest absolute Gasteiger partial charge is 0.348 e. The summed E-state index contributed by atoms with van der Waals surface area (Å²) in [6, 6.07) is 7.76. The maximum Gasteiger partial charge on any atom is 0.262 e. The molecule has 1 aromatic rings. The summed E-state index contributed by atoms with van der Waals surface area (Å²) in [6.45, 7) is 2.12. The lowest BCUT2D eigenvalue weighted by Gasteiger charge is -2.29. The topological polar surface area (TPSA) is 52.9 Å². The highest BCUT2D eigenvalue weighted by Gasteiger charge is 2.23. The molecule has 21 heavy (non-hydrogen) atoms. The second kappa shape index (κ2) is 7.03. The van der Waals surface area contributed by atoms with Gasteiger partial charge in [-0.1, -0.05) is 31.9 Å². The fraction of sp³-hybridized carbons (Fsp3) is 0.412. The molecule has 0 aliphatic heterocycles. The van der Waals surface area contributed by atoms with Crippen molar-refractivity contribution in [1.29, 1.82) is 5.26 Å². The number of hydrogen-bond acceptors (Lipinski definition) is 2. The first kappa shape index (κ1) is 15.2. The Morgan fingerprint density at radius 2 is 2.00 bits per heavy atom. The van der Waals surface area contributed by atoms with Crippen LogP contribution < -0.4 is 5.32 Å². The van der Waals surface area contributed by atoms with Crippen molar-refractivity contribution in [3.8, 4) is 6.07 Å². The third-order valence-electron chi connectivity index (χ3n) is 3.97. The van der Waals surface area contributed by atoms with E-state index in [1.165, 1.54) is 24.6 Å². The van der Waals surface area contributed by atoms with Crippen molar-refractivity contribution < 1.29 is 9.18 Å². The van der Waals surface area contributed by atoms with Gasteiger partial charge in [0.05, 0.1) is 0 Å². The summed E-state index contributed by atoms with van der Waals surface area (Å²) in [6.07, 6.45) is 5.86. The van der Waals surface area contributed by atoms with E-state index in [1.807, 2.05) is 6.07 Å². The molecule has 0 aromatic heterocycles. The van der Waals surface area contributed by atoms with Crippen LogP contribution in [0, 0.1) is 23.1 Å². The molecule has 4 heteroatoms. The zero-order chi connectivity index (χ0) is 15.2. The van der Waals surface area contributed by atoms with Crippen LogP contribution in [0.25, 0.3) is 6.08 Å². The average molecular weight is 286 g/mol. The van der Waals surface area contributed by atoms with Gasteiger partial charge in [-0.3, -0.25) is 4.79 Å². The van der Waals surface area contributed by atoms with Crippen LogP contribution in [-0.2, 0) is 4.79 Å². The number of nitrogens with zero attached hydrogens (tertiary/aromatic N) is 1. The quantitative estimate of drug-likeness (QED) is 0.683. The van der Waals surface area contributed by atoms with Crippen LogP contribution in [0.4, 0.5) is 4.39 Å². The molecule has 1 amide bonds. The van der Waals surface area contributed by atoms with E-state index in [-0.39, 0.29) is 23.3 Å². The third kappa shape index (κ3) is 4.16. The lowest BCUT2D eigenvalue weighted by molar-refractivity contribution is -0.118. The van der Waals surface area contributed by atoms with Gasteiger partial charge in [0.1, 0.15) is 17.5 Å². The minimum Gasteiger partial charge on any atom is -0.348 e. The second-order valence-corrected chi connectivity index (χ2v) is 5.56. The molecule has 0 saturated heterocycles. The SMILES string of the molecule is C[C@@H]1CCCC[C@H]1NC(=O)/C(C#N)=C/c1ccc(F)cc1. The number of carbonyl (C=O) groups excluding carboxylic acids is 1. The zero-order valence-electron chi connectivity index (χ0n) is 12.1. The van der Waals surface area contributed by atoms with Gasteiger partial charge >= 0.3 is 0 Å². The number of hydrogen-bond donors (Lipinski definition) is 1. The van der Waals surface area contributed by atoms with Crippen molar-refractivity contribution in [3.05, 3.63) is 41.2 Å². The van der Waals surface area contributed by atoms with E-state index < -0.39 is 0 Å². The third-order valence-corrected chi connectivity index (χ3v) is 3.97. The van der Waals surface area contributed by atoms with Gasteiger partial charge in [0.2, 0.25) is 0 Å². The van der Waals surface area contributed by atoms with Crippen molar-refractivity contribution >= 4 is 12.0 Å². The number of halogens is 1. The minimum atomic E-state index is -0.347. The number of nitrogens with one attached hydrogen (secondary N) is 1. The summed E-state index contributed by atoms with van der Waals surface area (Å²) in [7, 11) is 0. The van der Waals surface area contributed by atoms with E-state index in [9.17, 15) is 9.18 Å². The van der Waals surface area contributed by atoms with Crippen molar-refractivity contribution in [2.45, 2.75) is 38.6 Å². The minimum absolute atomic E-state index is 0.0550. The van der Waals surface area contributed by atoms with Crippen LogP contribution in [0.5, 0.6) is 0 Å². The van der Waals surface area contributed by atoms with Gasteiger partial charge in [0, 0.05) is 6.04 Å². The molecule has 110 valence electrons. The molecule has 1 fully saturated rings. The molecule has 1 saturated carbocycles. The lowest BCUT2D eigenvalue weighted by Crippen LogP contribution is -2.41. The predicted octanol–water partition coefficient (Wildman–Crippen LogP) is 3.43.